The molecule has 0 aromatic carbocycles. The monoisotopic (exact) mass is 266 g/mol. The molecule has 104 valence electrons. The van der Waals surface area contributed by atoms with Gasteiger partial charge < -0.3 is 20.7 Å². The molecule has 0 aliphatic carbocycles. The molecule has 1 aromatic heterocycles. The highest BCUT2D eigenvalue weighted by Crippen LogP contribution is 2.14. The number of hydrogen-bond donors (Lipinski definition) is 4. The third-order valence-corrected chi connectivity index (χ3v) is 3.41. The summed E-state index contributed by atoms with van der Waals surface area (Å²) in [6.07, 6.45) is 4.16. The van der Waals surface area contributed by atoms with Gasteiger partial charge in [0.2, 0.25) is 5.91 Å². The van der Waals surface area contributed by atoms with Crippen molar-refractivity contribution in [2.75, 3.05) is 6.54 Å². The van der Waals surface area contributed by atoms with Crippen LogP contribution in [0.15, 0.2) is 12.5 Å². The number of nitrogens with zero attached hydrogens (tertiary/aromatic N) is 1. The normalized spacial score (nSPS) is 24.1. The Morgan fingerprint density at radius 1 is 1.63 bits per heavy atom. The summed E-state index contributed by atoms with van der Waals surface area (Å²) in [6.45, 7) is 2.77. The number of amides is 1. The van der Waals surface area contributed by atoms with Crippen molar-refractivity contribution in [1.29, 1.82) is 0 Å². The van der Waals surface area contributed by atoms with Crippen LogP contribution in [0.1, 0.15) is 19.0 Å². The largest absolute Gasteiger partial charge is 0.480 e. The lowest BCUT2D eigenvalue weighted by atomic mass is 10.0. The van der Waals surface area contributed by atoms with Crippen LogP contribution in [0.5, 0.6) is 0 Å². The van der Waals surface area contributed by atoms with Gasteiger partial charge in [0.15, 0.2) is 0 Å². The molecule has 0 saturated carbocycles. The predicted molar refractivity (Wildman–Crippen MR) is 67.4 cm³/mol. The van der Waals surface area contributed by atoms with Gasteiger partial charge in [0.25, 0.3) is 0 Å². The fourth-order valence-electron chi connectivity index (χ4n) is 2.26. The van der Waals surface area contributed by atoms with Crippen LogP contribution in [-0.4, -0.2) is 45.6 Å². The number of carbonyl (C=O) groups is 2. The zero-order valence-corrected chi connectivity index (χ0v) is 10.7. The van der Waals surface area contributed by atoms with E-state index in [-0.39, 0.29) is 24.3 Å². The summed E-state index contributed by atoms with van der Waals surface area (Å²) in [7, 11) is 0. The number of aromatic amines is 1. The van der Waals surface area contributed by atoms with E-state index in [9.17, 15) is 9.59 Å². The van der Waals surface area contributed by atoms with E-state index in [0.717, 1.165) is 13.0 Å². The van der Waals surface area contributed by atoms with Gasteiger partial charge in [-0.3, -0.25) is 4.79 Å². The first-order valence-corrected chi connectivity index (χ1v) is 6.31. The van der Waals surface area contributed by atoms with E-state index in [4.69, 9.17) is 5.11 Å². The Bertz CT molecular complexity index is 446. The summed E-state index contributed by atoms with van der Waals surface area (Å²) in [4.78, 5) is 29.9. The molecule has 0 spiro atoms. The quantitative estimate of drug-likeness (QED) is 0.576. The maximum absolute atomic E-state index is 12.0. The number of rotatable bonds is 5. The average Bonchev–Trinajstić information content (AvgIpc) is 2.99. The molecule has 0 bridgehead atoms. The van der Waals surface area contributed by atoms with Gasteiger partial charge in [-0.1, -0.05) is 6.92 Å². The van der Waals surface area contributed by atoms with Crippen LogP contribution < -0.4 is 10.6 Å². The molecule has 7 heteroatoms. The van der Waals surface area contributed by atoms with Gasteiger partial charge in [0.1, 0.15) is 6.04 Å². The highest BCUT2D eigenvalue weighted by atomic mass is 16.4. The number of carbonyl (C=O) groups excluding carboxylic acids is 1. The Kier molecular flexibility index (Phi) is 4.16. The number of nitrogens with one attached hydrogen (secondary N) is 3. The van der Waals surface area contributed by atoms with Crippen LogP contribution >= 0.6 is 0 Å². The lowest BCUT2D eigenvalue weighted by Crippen LogP contribution is -2.50. The van der Waals surface area contributed by atoms with Crippen molar-refractivity contribution in [3.8, 4) is 0 Å². The van der Waals surface area contributed by atoms with Crippen molar-refractivity contribution in [2.45, 2.75) is 31.8 Å². The van der Waals surface area contributed by atoms with E-state index < -0.39 is 12.0 Å². The second-order valence-electron chi connectivity index (χ2n) is 4.88. The average molecular weight is 266 g/mol. The third-order valence-electron chi connectivity index (χ3n) is 3.41. The summed E-state index contributed by atoms with van der Waals surface area (Å²) >= 11 is 0. The molecule has 3 unspecified atom stereocenters. The van der Waals surface area contributed by atoms with Crippen molar-refractivity contribution in [3.05, 3.63) is 18.2 Å². The van der Waals surface area contributed by atoms with Crippen molar-refractivity contribution in [2.24, 2.45) is 5.92 Å². The van der Waals surface area contributed by atoms with Gasteiger partial charge >= 0.3 is 5.97 Å². The van der Waals surface area contributed by atoms with Crippen molar-refractivity contribution >= 4 is 11.9 Å². The van der Waals surface area contributed by atoms with Gasteiger partial charge in [-0.05, 0) is 18.9 Å². The number of carboxylic acids is 1. The minimum Gasteiger partial charge on any atom is -0.480 e. The Balaban J connectivity index is 1.96. The minimum atomic E-state index is -1.05. The van der Waals surface area contributed by atoms with Crippen molar-refractivity contribution in [1.82, 2.24) is 20.6 Å². The molecular weight excluding hydrogens is 248 g/mol. The van der Waals surface area contributed by atoms with Crippen LogP contribution in [0, 0.1) is 5.92 Å². The Morgan fingerprint density at radius 2 is 2.42 bits per heavy atom. The van der Waals surface area contributed by atoms with E-state index in [1.165, 1.54) is 6.33 Å². The molecule has 0 radical (unpaired) electrons. The number of H-pyrrole nitrogens is 1. The summed E-state index contributed by atoms with van der Waals surface area (Å²) < 4.78 is 0. The second-order valence-corrected chi connectivity index (χ2v) is 4.88. The number of hydrogen-bond acceptors (Lipinski definition) is 4. The van der Waals surface area contributed by atoms with Crippen LogP contribution in [0.25, 0.3) is 0 Å². The number of carboxylic acid groups (broad SMARTS) is 1. The van der Waals surface area contributed by atoms with E-state index in [1.807, 2.05) is 6.92 Å². The number of aliphatic carboxylic acids is 1. The first kappa shape index (κ1) is 13.5. The second kappa shape index (κ2) is 5.83. The molecule has 1 aromatic rings. The standard InChI is InChI=1S/C12H18N4O3/c1-7-2-3-14-10(7)11(17)16-9(12(18)19)4-8-5-13-6-15-8/h5-7,9-10,14H,2-4H2,1H3,(H,13,15)(H,16,17)(H,18,19). The van der Waals surface area contributed by atoms with Gasteiger partial charge in [-0.25, -0.2) is 9.78 Å². The van der Waals surface area contributed by atoms with E-state index in [1.54, 1.807) is 6.20 Å². The molecule has 3 atom stereocenters. The smallest absolute Gasteiger partial charge is 0.326 e. The lowest BCUT2D eigenvalue weighted by molar-refractivity contribution is -0.142. The van der Waals surface area contributed by atoms with Gasteiger partial charge in [0.05, 0.1) is 12.4 Å². The molecule has 1 saturated heterocycles. The first-order valence-electron chi connectivity index (χ1n) is 6.31. The third kappa shape index (κ3) is 3.31. The molecule has 2 rings (SSSR count). The maximum atomic E-state index is 12.0. The maximum Gasteiger partial charge on any atom is 0.326 e. The van der Waals surface area contributed by atoms with E-state index >= 15 is 0 Å². The number of aromatic nitrogens is 2. The van der Waals surface area contributed by atoms with E-state index in [2.05, 4.69) is 20.6 Å². The molecule has 4 N–H and O–H groups in total. The van der Waals surface area contributed by atoms with Gasteiger partial charge in [-0.15, -0.1) is 0 Å². The van der Waals surface area contributed by atoms with Gasteiger partial charge in [0, 0.05) is 18.3 Å². The van der Waals surface area contributed by atoms with Crippen LogP contribution in [-0.2, 0) is 16.0 Å². The molecule has 7 nitrogen and oxygen atoms in total. The first-order chi connectivity index (χ1) is 9.08. The fourth-order valence-corrected chi connectivity index (χ4v) is 2.26. The van der Waals surface area contributed by atoms with Crippen molar-refractivity contribution in [3.63, 3.8) is 0 Å². The molecule has 1 amide bonds. The Morgan fingerprint density at radius 3 is 2.95 bits per heavy atom. The van der Waals surface area contributed by atoms with Crippen molar-refractivity contribution < 1.29 is 14.7 Å². The predicted octanol–water partition coefficient (Wildman–Crippen LogP) is -0.480. The molecule has 1 fully saturated rings. The summed E-state index contributed by atoms with van der Waals surface area (Å²) in [5.74, 6) is -1.08. The highest BCUT2D eigenvalue weighted by molar-refractivity contribution is 5.87. The van der Waals surface area contributed by atoms with Crippen LogP contribution in [0.3, 0.4) is 0 Å². The number of imidazole rings is 1. The van der Waals surface area contributed by atoms with Gasteiger partial charge in [-0.2, -0.15) is 0 Å². The summed E-state index contributed by atoms with van der Waals surface area (Å²) in [5, 5.41) is 14.8. The topological polar surface area (TPSA) is 107 Å². The molecule has 2 heterocycles. The zero-order valence-electron chi connectivity index (χ0n) is 10.7. The molecule has 1 aliphatic rings. The molecule has 19 heavy (non-hydrogen) atoms. The SMILES string of the molecule is CC1CCNC1C(=O)NC(Cc1cnc[nH]1)C(=O)O. The lowest BCUT2D eigenvalue weighted by Gasteiger charge is -2.19. The molecule has 1 aliphatic heterocycles. The fraction of sp³-hybridized carbons (Fsp3) is 0.583. The van der Waals surface area contributed by atoms with E-state index in [0.29, 0.717) is 5.69 Å². The minimum absolute atomic E-state index is 0.197. The summed E-state index contributed by atoms with van der Waals surface area (Å²) in [5.41, 5.74) is 0.681. The highest BCUT2D eigenvalue weighted by Gasteiger charge is 2.32. The van der Waals surface area contributed by atoms with Crippen LogP contribution in [0.2, 0.25) is 0 Å². The van der Waals surface area contributed by atoms with Crippen LogP contribution in [0.4, 0.5) is 0 Å². The molecular formula is C12H18N4O3. The summed E-state index contributed by atoms with van der Waals surface area (Å²) in [6, 6.07) is -1.24. The Labute approximate surface area is 110 Å². The Hall–Kier alpha value is -1.89. The zero-order chi connectivity index (χ0) is 13.8.